The number of amides is 3. The van der Waals surface area contributed by atoms with Crippen LogP contribution in [0.4, 0.5) is 48.4 Å². The number of rotatable bonds is 8. The molecule has 4 N–H and O–H groups in total. The van der Waals surface area contributed by atoms with Crippen LogP contribution in [-0.4, -0.2) is 35.5 Å². The van der Waals surface area contributed by atoms with Crippen LogP contribution in [0.3, 0.4) is 0 Å². The van der Waals surface area contributed by atoms with Crippen LogP contribution in [0.15, 0.2) is 59.3 Å². The first-order valence-electron chi connectivity index (χ1n) is 13.6. The van der Waals surface area contributed by atoms with E-state index in [1.807, 2.05) is 0 Å². The Bertz CT molecular complexity index is 1400. The maximum Gasteiger partial charge on any atom is 0.416 e. The molecular weight excluding hydrogens is 582 g/mol. The first-order valence-corrected chi connectivity index (χ1v) is 13.6. The van der Waals surface area contributed by atoms with Crippen molar-refractivity contribution in [2.75, 3.05) is 16.0 Å². The lowest BCUT2D eigenvalue weighted by Gasteiger charge is -2.28. The van der Waals surface area contributed by atoms with Crippen molar-refractivity contribution in [3.8, 4) is 0 Å². The van der Waals surface area contributed by atoms with Crippen molar-refractivity contribution < 1.29 is 45.1 Å². The molecule has 2 aromatic carbocycles. The quantitative estimate of drug-likeness (QED) is 0.174. The summed E-state index contributed by atoms with van der Waals surface area (Å²) >= 11 is 0. The van der Waals surface area contributed by atoms with E-state index in [0.717, 1.165) is 19.1 Å². The van der Waals surface area contributed by atoms with E-state index in [0.29, 0.717) is 31.2 Å². The molecule has 1 unspecified atom stereocenters. The third kappa shape index (κ3) is 8.69. The fraction of sp³-hybridized carbons (Fsp3) is 0.429. The molecule has 3 amide bonds. The highest BCUT2D eigenvalue weighted by Crippen LogP contribution is 2.34. The van der Waals surface area contributed by atoms with E-state index >= 15 is 0 Å². The van der Waals surface area contributed by atoms with Gasteiger partial charge in [-0.25, -0.2) is 4.79 Å². The van der Waals surface area contributed by atoms with E-state index in [1.165, 1.54) is 16.9 Å². The minimum absolute atomic E-state index is 0.0966. The Labute approximate surface area is 243 Å². The molecule has 15 heteroatoms. The van der Waals surface area contributed by atoms with Crippen molar-refractivity contribution in [1.82, 2.24) is 10.6 Å². The summed E-state index contributed by atoms with van der Waals surface area (Å²) in [5.74, 6) is -1.28. The highest BCUT2D eigenvalue weighted by Gasteiger charge is 2.39. The summed E-state index contributed by atoms with van der Waals surface area (Å²) < 4.78 is 85.8. The topological polar surface area (TPSA) is 112 Å². The molecule has 4 rings (SSSR count). The molecule has 1 aliphatic rings. The number of carbonyl (C=O) groups excluding carboxylic acids is 2. The van der Waals surface area contributed by atoms with Crippen LogP contribution in [-0.2, 0) is 11.0 Å². The number of anilines is 3. The van der Waals surface area contributed by atoms with E-state index < -0.39 is 41.8 Å². The molecular formula is C28H31F6N6O3+. The van der Waals surface area contributed by atoms with Gasteiger partial charge in [-0.1, -0.05) is 30.3 Å². The lowest BCUT2D eigenvalue weighted by Crippen LogP contribution is -2.49. The average molecular weight is 614 g/mol. The fourth-order valence-corrected chi connectivity index (χ4v) is 4.79. The molecule has 1 heterocycles. The molecule has 0 aliphatic heterocycles. The van der Waals surface area contributed by atoms with E-state index in [-0.39, 0.29) is 29.3 Å². The number of hydrogen-bond acceptors (Lipinski definition) is 5. The first-order chi connectivity index (χ1) is 20.2. The Morgan fingerprint density at radius 2 is 1.53 bits per heavy atom. The van der Waals surface area contributed by atoms with Crippen molar-refractivity contribution in [2.24, 2.45) is 0 Å². The van der Waals surface area contributed by atoms with Gasteiger partial charge in [-0.05, 0) is 55.1 Å². The van der Waals surface area contributed by atoms with Crippen LogP contribution in [0.25, 0.3) is 0 Å². The van der Waals surface area contributed by atoms with E-state index in [1.54, 1.807) is 37.3 Å². The van der Waals surface area contributed by atoms with Gasteiger partial charge >= 0.3 is 24.3 Å². The molecule has 9 nitrogen and oxygen atoms in total. The monoisotopic (exact) mass is 613 g/mol. The average Bonchev–Trinajstić information content (AvgIpc) is 3.40. The van der Waals surface area contributed by atoms with Gasteiger partial charge in [0.2, 0.25) is 11.2 Å². The van der Waals surface area contributed by atoms with Crippen molar-refractivity contribution in [1.29, 1.82) is 0 Å². The molecule has 43 heavy (non-hydrogen) atoms. The van der Waals surface area contributed by atoms with Gasteiger partial charge in [-0.2, -0.15) is 26.3 Å². The first kappa shape index (κ1) is 31.8. The molecule has 1 aliphatic carbocycles. The van der Waals surface area contributed by atoms with E-state index in [4.69, 9.17) is 4.52 Å². The fourth-order valence-electron chi connectivity index (χ4n) is 4.79. The third-order valence-electron chi connectivity index (χ3n) is 7.25. The maximum atomic E-state index is 13.6. The number of urea groups is 1. The van der Waals surface area contributed by atoms with Crippen LogP contribution in [0, 0.1) is 0 Å². The summed E-state index contributed by atoms with van der Waals surface area (Å²) in [7, 11) is 0. The molecule has 3 aromatic rings. The number of carbonyl (C=O) groups is 2. The summed E-state index contributed by atoms with van der Waals surface area (Å²) in [4.78, 5) is 25.3. The Morgan fingerprint density at radius 3 is 2.14 bits per heavy atom. The van der Waals surface area contributed by atoms with Crippen molar-refractivity contribution >= 4 is 29.2 Å². The minimum Gasteiger partial charge on any atom is -0.325 e. The Morgan fingerprint density at radius 1 is 0.907 bits per heavy atom. The number of aromatic nitrogens is 2. The van der Waals surface area contributed by atoms with Crippen molar-refractivity contribution in [3.05, 3.63) is 65.9 Å². The van der Waals surface area contributed by atoms with Crippen molar-refractivity contribution in [2.45, 2.75) is 75.9 Å². The largest absolute Gasteiger partial charge is 0.416 e. The Hall–Kier alpha value is -4.14. The van der Waals surface area contributed by atoms with Gasteiger partial charge in [0.05, 0.1) is 11.5 Å². The van der Waals surface area contributed by atoms with Gasteiger partial charge in [0.15, 0.2) is 6.04 Å². The molecule has 232 valence electrons. The van der Waals surface area contributed by atoms with Crippen LogP contribution < -0.4 is 25.9 Å². The SMILES string of the molecule is CC(NC1CCC([n+]2cc(NC(=O)Nc3cc(NC(=O)[C@@H](C)c4ccccc4)cc(C(F)(F)F)c3)on2)CC1)C(F)(F)F. The second-order valence-electron chi connectivity index (χ2n) is 10.5. The number of nitrogens with one attached hydrogen (secondary N) is 4. The summed E-state index contributed by atoms with van der Waals surface area (Å²) in [6.07, 6.45) is -5.70. The molecule has 0 radical (unpaired) electrons. The second-order valence-corrected chi connectivity index (χ2v) is 10.5. The van der Waals surface area contributed by atoms with Gasteiger partial charge in [-0.3, -0.25) is 14.6 Å². The second kappa shape index (κ2) is 13.0. The van der Waals surface area contributed by atoms with Crippen LogP contribution in [0.2, 0.25) is 0 Å². The highest BCUT2D eigenvalue weighted by atomic mass is 19.4. The summed E-state index contributed by atoms with van der Waals surface area (Å²) in [5, 5.41) is 13.6. The number of hydrogen-bond donors (Lipinski definition) is 4. The normalized spacial score (nSPS) is 18.9. The number of halogens is 6. The van der Waals surface area contributed by atoms with Gasteiger partial charge in [-0.15, -0.1) is 0 Å². The molecule has 1 aromatic heterocycles. The molecule has 0 saturated heterocycles. The van der Waals surface area contributed by atoms with Crippen LogP contribution in [0.1, 0.15) is 62.6 Å². The van der Waals surface area contributed by atoms with Gasteiger partial charge in [0.1, 0.15) is 6.04 Å². The zero-order valence-electron chi connectivity index (χ0n) is 23.2. The zero-order valence-corrected chi connectivity index (χ0v) is 23.2. The lowest BCUT2D eigenvalue weighted by molar-refractivity contribution is -0.787. The van der Waals surface area contributed by atoms with Crippen LogP contribution >= 0.6 is 0 Å². The number of nitrogens with zero attached hydrogens (tertiary/aromatic N) is 2. The smallest absolute Gasteiger partial charge is 0.325 e. The Balaban J connectivity index is 1.37. The molecule has 1 fully saturated rings. The Kier molecular flexibility index (Phi) is 9.62. The zero-order chi connectivity index (χ0) is 31.4. The predicted molar refractivity (Wildman–Crippen MR) is 144 cm³/mol. The number of alkyl halides is 6. The maximum absolute atomic E-state index is 13.6. The predicted octanol–water partition coefficient (Wildman–Crippen LogP) is 6.39. The molecule has 0 bridgehead atoms. The standard InChI is InChI=1S/C28H30F6N6O3/c1-16(18-6-4-3-5-7-18)25(41)36-21-12-19(28(32,33)34)13-22(14-21)37-26(42)38-24-15-40(39-43-24)23-10-8-20(9-11-23)35-17(2)27(29,30)31/h3-7,12-17,20,23,35H,8-11H2,1-2H3,(H2-,36,37,38,39,41,42)/p+1/t16-,17?,20?,23?/m0/s1. The highest BCUT2D eigenvalue weighted by molar-refractivity contribution is 6.00. The van der Waals surface area contributed by atoms with Gasteiger partial charge < -0.3 is 16.0 Å². The van der Waals surface area contributed by atoms with E-state index in [2.05, 4.69) is 26.5 Å². The van der Waals surface area contributed by atoms with Gasteiger partial charge in [0, 0.05) is 30.3 Å². The lowest BCUT2D eigenvalue weighted by atomic mass is 9.91. The summed E-state index contributed by atoms with van der Waals surface area (Å²) in [6.45, 7) is 2.69. The van der Waals surface area contributed by atoms with E-state index in [9.17, 15) is 35.9 Å². The van der Waals surface area contributed by atoms with Crippen molar-refractivity contribution in [3.63, 3.8) is 0 Å². The summed E-state index contributed by atoms with van der Waals surface area (Å²) in [6, 6.07) is 8.38. The van der Waals surface area contributed by atoms with Crippen LogP contribution in [0.5, 0.6) is 0 Å². The minimum atomic E-state index is -4.76. The molecule has 1 saturated carbocycles. The van der Waals surface area contributed by atoms with Gasteiger partial charge in [0.25, 0.3) is 6.20 Å². The third-order valence-corrected chi connectivity index (χ3v) is 7.25. The molecule has 0 spiro atoms. The molecule has 2 atom stereocenters. The number of benzene rings is 2. The summed E-state index contributed by atoms with van der Waals surface area (Å²) in [5.41, 5.74) is -0.804.